The van der Waals surface area contributed by atoms with Crippen molar-refractivity contribution in [1.29, 1.82) is 0 Å². The van der Waals surface area contributed by atoms with E-state index < -0.39 is 12.2 Å². The zero-order chi connectivity index (χ0) is 21.4. The van der Waals surface area contributed by atoms with Crippen LogP contribution in [0, 0.1) is 5.92 Å². The van der Waals surface area contributed by atoms with E-state index in [-0.39, 0.29) is 18.6 Å². The number of ether oxygens (including phenoxy) is 2. The molecule has 5 rings (SSSR count). The van der Waals surface area contributed by atoms with Crippen LogP contribution >= 0.6 is 0 Å². The first kappa shape index (κ1) is 19.5. The lowest BCUT2D eigenvalue weighted by atomic mass is 9.95. The Hall–Kier alpha value is -3.49. The number of amides is 1. The highest BCUT2D eigenvalue weighted by atomic mass is 19.3. The Morgan fingerprint density at radius 1 is 1.06 bits per heavy atom. The van der Waals surface area contributed by atoms with Gasteiger partial charge in [-0.2, -0.15) is 0 Å². The van der Waals surface area contributed by atoms with E-state index in [2.05, 4.69) is 15.3 Å². The predicted molar refractivity (Wildman–Crippen MR) is 111 cm³/mol. The fourth-order valence-electron chi connectivity index (χ4n) is 3.99. The minimum absolute atomic E-state index is 0.0701. The number of rotatable bonds is 4. The van der Waals surface area contributed by atoms with Crippen LogP contribution in [0.25, 0.3) is 10.9 Å². The Morgan fingerprint density at radius 3 is 2.65 bits per heavy atom. The number of fused-ring (bicyclic) bond motifs is 2. The van der Waals surface area contributed by atoms with Gasteiger partial charge >= 0.3 is 0 Å². The highest BCUT2D eigenvalue weighted by Crippen LogP contribution is 2.35. The van der Waals surface area contributed by atoms with Gasteiger partial charge in [-0.15, -0.1) is 0 Å². The van der Waals surface area contributed by atoms with E-state index in [0.717, 1.165) is 5.39 Å². The number of hydrogen-bond acceptors (Lipinski definition) is 6. The molecule has 9 heteroatoms. The molecule has 3 aromatic rings. The molecule has 2 aromatic carbocycles. The maximum absolute atomic E-state index is 13.3. The largest absolute Gasteiger partial charge is 0.454 e. The fourth-order valence-corrected chi connectivity index (χ4v) is 3.99. The number of piperidine rings is 1. The second-order valence-corrected chi connectivity index (χ2v) is 7.54. The Balaban J connectivity index is 1.29. The Labute approximate surface area is 177 Å². The number of benzene rings is 2. The van der Waals surface area contributed by atoms with E-state index in [9.17, 15) is 13.6 Å². The Kier molecular flexibility index (Phi) is 5.01. The van der Waals surface area contributed by atoms with Crippen LogP contribution in [-0.4, -0.2) is 35.8 Å². The van der Waals surface area contributed by atoms with Gasteiger partial charge < -0.3 is 19.7 Å². The van der Waals surface area contributed by atoms with Crippen LogP contribution in [-0.2, 0) is 4.79 Å². The molecule has 1 fully saturated rings. The molecule has 3 heterocycles. The number of anilines is 2. The van der Waals surface area contributed by atoms with Crippen LogP contribution in [0.2, 0.25) is 0 Å². The molecule has 2 aliphatic rings. The highest BCUT2D eigenvalue weighted by molar-refractivity contribution is 5.93. The second-order valence-electron chi connectivity index (χ2n) is 7.54. The average molecular weight is 426 g/mol. The fraction of sp³-hybridized carbons (Fsp3) is 0.318. The molecular formula is C22H20F2N4O3. The van der Waals surface area contributed by atoms with Crippen LogP contribution in [0.5, 0.6) is 11.5 Å². The van der Waals surface area contributed by atoms with Crippen molar-refractivity contribution < 1.29 is 23.0 Å². The highest BCUT2D eigenvalue weighted by Gasteiger charge is 2.28. The molecule has 1 saturated heterocycles. The van der Waals surface area contributed by atoms with Gasteiger partial charge in [0.1, 0.15) is 5.82 Å². The van der Waals surface area contributed by atoms with Crippen molar-refractivity contribution in [3.63, 3.8) is 0 Å². The third kappa shape index (κ3) is 3.83. The lowest BCUT2D eigenvalue weighted by molar-refractivity contribution is -0.120. The molecule has 0 bridgehead atoms. The SMILES string of the molecule is O=C(Nc1ccc2c(c1)OCO2)C1CCN(c2nc(C(F)F)nc3ccccc23)CC1. The van der Waals surface area contributed by atoms with Crippen LogP contribution in [0.4, 0.5) is 20.3 Å². The minimum Gasteiger partial charge on any atom is -0.454 e. The van der Waals surface area contributed by atoms with E-state index in [4.69, 9.17) is 9.47 Å². The van der Waals surface area contributed by atoms with Gasteiger partial charge in [0.2, 0.25) is 12.7 Å². The lowest BCUT2D eigenvalue weighted by Crippen LogP contribution is -2.38. The molecule has 31 heavy (non-hydrogen) atoms. The minimum atomic E-state index is -2.74. The van der Waals surface area contributed by atoms with Gasteiger partial charge in [0.05, 0.1) is 5.52 Å². The van der Waals surface area contributed by atoms with Crippen molar-refractivity contribution in [1.82, 2.24) is 9.97 Å². The summed E-state index contributed by atoms with van der Waals surface area (Å²) in [6, 6.07) is 12.4. The first-order valence-electron chi connectivity index (χ1n) is 10.1. The standard InChI is InChI=1S/C22H20F2N4O3/c23-19(24)20-26-16-4-2-1-3-15(16)21(27-20)28-9-7-13(8-10-28)22(29)25-14-5-6-17-18(11-14)31-12-30-17/h1-6,11,13,19H,7-10,12H2,(H,25,29). The van der Waals surface area contributed by atoms with E-state index >= 15 is 0 Å². The van der Waals surface area contributed by atoms with Crippen molar-refractivity contribution in [2.75, 3.05) is 30.1 Å². The zero-order valence-corrected chi connectivity index (χ0v) is 16.6. The van der Waals surface area contributed by atoms with Crippen molar-refractivity contribution in [3.05, 3.63) is 48.3 Å². The third-order valence-corrected chi connectivity index (χ3v) is 5.60. The van der Waals surface area contributed by atoms with Crippen LogP contribution in [0.3, 0.4) is 0 Å². The summed E-state index contributed by atoms with van der Waals surface area (Å²) in [4.78, 5) is 22.8. The Morgan fingerprint density at radius 2 is 1.84 bits per heavy atom. The predicted octanol–water partition coefficient (Wildman–Crippen LogP) is 4.15. The summed E-state index contributed by atoms with van der Waals surface area (Å²) in [5.41, 5.74) is 1.14. The number of halogens is 2. The number of hydrogen-bond donors (Lipinski definition) is 1. The summed E-state index contributed by atoms with van der Waals surface area (Å²) in [5, 5.41) is 3.66. The van der Waals surface area contributed by atoms with Gasteiger partial charge in [-0.1, -0.05) is 12.1 Å². The second kappa shape index (κ2) is 7.98. The van der Waals surface area contributed by atoms with Gasteiger partial charge in [-0.25, -0.2) is 18.7 Å². The molecular weight excluding hydrogens is 406 g/mol. The van der Waals surface area contributed by atoms with Crippen molar-refractivity contribution in [2.45, 2.75) is 19.3 Å². The van der Waals surface area contributed by atoms with Gasteiger partial charge in [0.15, 0.2) is 17.3 Å². The summed E-state index contributed by atoms with van der Waals surface area (Å²) >= 11 is 0. The molecule has 0 saturated carbocycles. The molecule has 0 atom stereocenters. The molecule has 1 amide bonds. The molecule has 0 spiro atoms. The van der Waals surface area contributed by atoms with Crippen molar-refractivity contribution >= 4 is 28.3 Å². The van der Waals surface area contributed by atoms with Gasteiger partial charge in [0, 0.05) is 36.1 Å². The summed E-state index contributed by atoms with van der Waals surface area (Å²) in [6.07, 6.45) is -1.55. The zero-order valence-electron chi connectivity index (χ0n) is 16.6. The van der Waals surface area contributed by atoms with Gasteiger partial charge in [-0.05, 0) is 37.1 Å². The number of carbonyl (C=O) groups excluding carboxylic acids is 1. The van der Waals surface area contributed by atoms with Crippen LogP contribution in [0.15, 0.2) is 42.5 Å². The summed E-state index contributed by atoms with van der Waals surface area (Å²) < 4.78 is 37.2. The van der Waals surface area contributed by atoms with Crippen LogP contribution in [0.1, 0.15) is 25.1 Å². The number of para-hydroxylation sites is 1. The summed E-state index contributed by atoms with van der Waals surface area (Å²) in [7, 11) is 0. The molecule has 7 nitrogen and oxygen atoms in total. The molecule has 1 N–H and O–H groups in total. The quantitative estimate of drug-likeness (QED) is 0.676. The number of carbonyl (C=O) groups is 1. The van der Waals surface area contributed by atoms with Crippen molar-refractivity contribution in [3.8, 4) is 11.5 Å². The van der Waals surface area contributed by atoms with Crippen LogP contribution < -0.4 is 19.7 Å². The van der Waals surface area contributed by atoms with Crippen molar-refractivity contribution in [2.24, 2.45) is 5.92 Å². The van der Waals surface area contributed by atoms with E-state index in [1.807, 2.05) is 17.0 Å². The molecule has 0 unspecified atom stereocenters. The Bertz CT molecular complexity index is 1130. The molecule has 0 aliphatic carbocycles. The molecule has 1 aromatic heterocycles. The number of alkyl halides is 2. The monoisotopic (exact) mass is 426 g/mol. The first-order valence-corrected chi connectivity index (χ1v) is 10.1. The van der Waals surface area contributed by atoms with E-state index in [1.165, 1.54) is 0 Å². The topological polar surface area (TPSA) is 76.6 Å². The van der Waals surface area contributed by atoms with E-state index in [0.29, 0.717) is 54.5 Å². The summed E-state index contributed by atoms with van der Waals surface area (Å²) in [6.45, 7) is 1.27. The normalized spacial score (nSPS) is 16.2. The number of nitrogens with zero attached hydrogens (tertiary/aromatic N) is 3. The molecule has 160 valence electrons. The number of aromatic nitrogens is 2. The maximum Gasteiger partial charge on any atom is 0.297 e. The molecule has 0 radical (unpaired) electrons. The van der Waals surface area contributed by atoms with Gasteiger partial charge in [0.25, 0.3) is 6.43 Å². The summed E-state index contributed by atoms with van der Waals surface area (Å²) in [5.74, 6) is 1.04. The molecule has 2 aliphatic heterocycles. The maximum atomic E-state index is 13.3. The van der Waals surface area contributed by atoms with Gasteiger partial charge in [-0.3, -0.25) is 4.79 Å². The smallest absolute Gasteiger partial charge is 0.297 e. The average Bonchev–Trinajstić information content (AvgIpc) is 3.26. The van der Waals surface area contributed by atoms with E-state index in [1.54, 1.807) is 30.3 Å². The first-order chi connectivity index (χ1) is 15.1. The number of nitrogens with one attached hydrogen (secondary N) is 1. The lowest BCUT2D eigenvalue weighted by Gasteiger charge is -2.33. The third-order valence-electron chi connectivity index (χ3n) is 5.60.